The Kier molecular flexibility index (Phi) is 3.61. The van der Waals surface area contributed by atoms with E-state index in [1.165, 1.54) is 10.9 Å². The van der Waals surface area contributed by atoms with Crippen molar-refractivity contribution in [3.05, 3.63) is 30.3 Å². The van der Waals surface area contributed by atoms with Gasteiger partial charge in [0.2, 0.25) is 0 Å². The van der Waals surface area contributed by atoms with Crippen molar-refractivity contribution in [2.75, 3.05) is 0 Å². The molecule has 0 heterocycles. The van der Waals surface area contributed by atoms with Crippen molar-refractivity contribution >= 4 is 25.2 Å². The van der Waals surface area contributed by atoms with Gasteiger partial charge in [0.1, 0.15) is 0 Å². The molecule has 0 N–H and O–H groups in total. The van der Waals surface area contributed by atoms with Crippen LogP contribution in [0.1, 0.15) is 26.2 Å². The van der Waals surface area contributed by atoms with Crippen LogP contribution in [0.15, 0.2) is 30.3 Å². The molecule has 15 heavy (non-hydrogen) atoms. The van der Waals surface area contributed by atoms with Gasteiger partial charge in [-0.3, -0.25) is 0 Å². The Bertz CT molecular complexity index is 334. The van der Waals surface area contributed by atoms with E-state index < -0.39 is 0 Å². The van der Waals surface area contributed by atoms with Gasteiger partial charge in [-0.1, -0.05) is 0 Å². The van der Waals surface area contributed by atoms with E-state index in [-0.39, 0.29) is 0 Å². The molecule has 2 heteroatoms. The van der Waals surface area contributed by atoms with E-state index in [4.69, 9.17) is 0 Å². The molecule has 0 bridgehead atoms. The number of rotatable bonds is 2. The first kappa shape index (κ1) is 10.9. The second-order valence-corrected chi connectivity index (χ2v) is 6.83. The average molecular weight is 267 g/mol. The van der Waals surface area contributed by atoms with Crippen LogP contribution in [-0.2, 0) is 4.79 Å². The van der Waals surface area contributed by atoms with Crippen molar-refractivity contribution in [3.8, 4) is 0 Å². The Morgan fingerprint density at radius 3 is 2.67 bits per heavy atom. The Morgan fingerprint density at radius 1 is 1.20 bits per heavy atom. The van der Waals surface area contributed by atoms with Gasteiger partial charge in [-0.15, -0.1) is 0 Å². The van der Waals surface area contributed by atoms with Crippen LogP contribution >= 0.6 is 0 Å². The fraction of sp³-hybridized carbons (Fsp3) is 0.462. The number of ketones is 1. The number of benzene rings is 1. The zero-order chi connectivity index (χ0) is 10.7. The summed E-state index contributed by atoms with van der Waals surface area (Å²) < 4.78 is 1.36. The summed E-state index contributed by atoms with van der Waals surface area (Å²) in [6.07, 6.45) is 3.43. The Labute approximate surface area is 97.4 Å². The molecule has 0 amide bonds. The molecule has 1 aromatic carbocycles. The average Bonchev–Trinajstić information content (AvgIpc) is 2.26. The van der Waals surface area contributed by atoms with Crippen LogP contribution in [0, 0.1) is 5.92 Å². The molecule has 0 aromatic heterocycles. The number of hydrogen-bond donors (Lipinski definition) is 0. The van der Waals surface area contributed by atoms with E-state index >= 15 is 0 Å². The molecule has 0 radical (unpaired) electrons. The number of carbonyl (C=O) groups is 1. The summed E-state index contributed by atoms with van der Waals surface area (Å²) in [4.78, 5) is 12.3. The second kappa shape index (κ2) is 4.96. The van der Waals surface area contributed by atoms with Gasteiger partial charge in [0.15, 0.2) is 0 Å². The summed E-state index contributed by atoms with van der Waals surface area (Å²) in [5.41, 5.74) is 0. The van der Waals surface area contributed by atoms with Gasteiger partial charge < -0.3 is 0 Å². The third-order valence-electron chi connectivity index (χ3n) is 2.93. The second-order valence-electron chi connectivity index (χ2n) is 4.15. The minimum absolute atomic E-state index is 0.300. The normalized spacial score (nSPS) is 26.6. The van der Waals surface area contributed by atoms with Gasteiger partial charge in [0, 0.05) is 0 Å². The zero-order valence-electron chi connectivity index (χ0n) is 8.98. The molecule has 1 aliphatic rings. The summed E-state index contributed by atoms with van der Waals surface area (Å²) in [6, 6.07) is 10.5. The molecule has 1 aliphatic carbocycles. The zero-order valence-corrected chi connectivity index (χ0v) is 10.7. The molecule has 1 aromatic rings. The monoisotopic (exact) mass is 268 g/mol. The Morgan fingerprint density at radius 2 is 1.93 bits per heavy atom. The van der Waals surface area contributed by atoms with Crippen LogP contribution in [-0.4, -0.2) is 20.7 Å². The van der Waals surface area contributed by atoms with Gasteiger partial charge >= 0.3 is 97.2 Å². The molecule has 2 unspecified atom stereocenters. The fourth-order valence-electron chi connectivity index (χ4n) is 1.99. The van der Waals surface area contributed by atoms with Crippen LogP contribution < -0.4 is 4.46 Å². The van der Waals surface area contributed by atoms with Crippen LogP contribution in [0.5, 0.6) is 0 Å². The maximum absolute atomic E-state index is 11.9. The molecule has 0 saturated heterocycles. The third-order valence-corrected chi connectivity index (χ3v) is 5.65. The van der Waals surface area contributed by atoms with E-state index in [2.05, 4.69) is 31.2 Å². The standard InChI is InChI=1S/C13H16OSe/c1-10-6-5-9-12(13(10)14)15-11-7-3-2-4-8-11/h2-4,7-8,10,12H,5-6,9H2,1H3. The first-order chi connectivity index (χ1) is 7.27. The fourth-order valence-corrected chi connectivity index (χ4v) is 4.67. The predicted octanol–water partition coefficient (Wildman–Crippen LogP) is 2.19. The minimum atomic E-state index is 0.300. The van der Waals surface area contributed by atoms with E-state index in [0.29, 0.717) is 31.5 Å². The topological polar surface area (TPSA) is 17.1 Å². The summed E-state index contributed by atoms with van der Waals surface area (Å²) in [5, 5.41) is 0. The number of Topliss-reactive ketones (excluding diaryl/α,β-unsaturated/α-hetero) is 1. The van der Waals surface area contributed by atoms with E-state index in [1.54, 1.807) is 0 Å². The molecule has 80 valence electrons. The molecule has 0 aliphatic heterocycles. The third kappa shape index (κ3) is 2.70. The van der Waals surface area contributed by atoms with Gasteiger partial charge in [0.25, 0.3) is 0 Å². The van der Waals surface area contributed by atoms with Crippen LogP contribution in [0.25, 0.3) is 0 Å². The van der Waals surface area contributed by atoms with Crippen molar-refractivity contribution in [3.63, 3.8) is 0 Å². The first-order valence-electron chi connectivity index (χ1n) is 5.53. The van der Waals surface area contributed by atoms with E-state index in [1.807, 2.05) is 6.07 Å². The molecular formula is C13H16OSe. The molecule has 1 saturated carbocycles. The van der Waals surface area contributed by atoms with E-state index in [0.717, 1.165) is 12.8 Å². The van der Waals surface area contributed by atoms with Crippen LogP contribution in [0.3, 0.4) is 0 Å². The quantitative estimate of drug-likeness (QED) is 0.751. The predicted molar refractivity (Wildman–Crippen MR) is 63.6 cm³/mol. The van der Waals surface area contributed by atoms with Gasteiger partial charge in [-0.2, -0.15) is 0 Å². The Balaban J connectivity index is 2.03. The maximum atomic E-state index is 11.9. The molecule has 1 fully saturated rings. The SMILES string of the molecule is CC1CCCC([Se]c2ccccc2)C1=O. The molecule has 2 rings (SSSR count). The molecule has 2 atom stereocenters. The van der Waals surface area contributed by atoms with Crippen LogP contribution in [0.4, 0.5) is 0 Å². The van der Waals surface area contributed by atoms with Gasteiger partial charge in [-0.25, -0.2) is 0 Å². The summed E-state index contributed by atoms with van der Waals surface area (Å²) in [6.45, 7) is 2.08. The number of carbonyl (C=O) groups excluding carboxylic acids is 1. The number of hydrogen-bond acceptors (Lipinski definition) is 1. The summed E-state index contributed by atoms with van der Waals surface area (Å²) in [5.74, 6) is 0.805. The molecular weight excluding hydrogens is 251 g/mol. The molecule has 1 nitrogen and oxygen atoms in total. The first-order valence-corrected chi connectivity index (χ1v) is 7.37. The van der Waals surface area contributed by atoms with Crippen molar-refractivity contribution in [1.29, 1.82) is 0 Å². The summed E-state index contributed by atoms with van der Waals surface area (Å²) in [7, 11) is 0. The van der Waals surface area contributed by atoms with Crippen LogP contribution in [0.2, 0.25) is 4.82 Å². The van der Waals surface area contributed by atoms with E-state index in [9.17, 15) is 4.79 Å². The Hall–Kier alpha value is -0.591. The van der Waals surface area contributed by atoms with Crippen molar-refractivity contribution < 1.29 is 4.79 Å². The van der Waals surface area contributed by atoms with Crippen molar-refractivity contribution in [2.45, 2.75) is 31.0 Å². The van der Waals surface area contributed by atoms with Crippen molar-refractivity contribution in [1.82, 2.24) is 0 Å². The molecule has 0 spiro atoms. The summed E-state index contributed by atoms with van der Waals surface area (Å²) >= 11 is 0.340. The van der Waals surface area contributed by atoms with Gasteiger partial charge in [0.05, 0.1) is 0 Å². The van der Waals surface area contributed by atoms with Gasteiger partial charge in [-0.05, 0) is 0 Å². The van der Waals surface area contributed by atoms with Crippen molar-refractivity contribution in [2.24, 2.45) is 5.92 Å².